The number of hydrogen-bond donors (Lipinski definition) is 1. The van der Waals surface area contributed by atoms with Gasteiger partial charge in [0.2, 0.25) is 11.8 Å². The van der Waals surface area contributed by atoms with Crippen LogP contribution in [0, 0.1) is 10.1 Å². The van der Waals surface area contributed by atoms with Gasteiger partial charge in [0.05, 0.1) is 11.5 Å². The fourth-order valence-electron chi connectivity index (χ4n) is 2.64. The van der Waals surface area contributed by atoms with E-state index < -0.39 is 4.92 Å². The predicted molar refractivity (Wildman–Crippen MR) is 86.6 cm³/mol. The molecule has 3 heterocycles. The number of rotatable bonds is 6. The molecule has 0 amide bonds. The summed E-state index contributed by atoms with van der Waals surface area (Å²) >= 11 is 0. The van der Waals surface area contributed by atoms with Gasteiger partial charge in [-0.1, -0.05) is 13.8 Å². The molecule has 0 bridgehead atoms. The van der Waals surface area contributed by atoms with Crippen LogP contribution in [0.4, 0.5) is 11.5 Å². The Morgan fingerprint density at radius 1 is 1.46 bits per heavy atom. The van der Waals surface area contributed by atoms with Gasteiger partial charge in [-0.3, -0.25) is 15.0 Å². The van der Waals surface area contributed by atoms with E-state index in [1.165, 1.54) is 12.3 Å². The average molecular weight is 332 g/mol. The molecule has 1 fully saturated rings. The normalized spacial score (nSPS) is 18.2. The van der Waals surface area contributed by atoms with Crippen LogP contribution in [0.2, 0.25) is 0 Å². The van der Waals surface area contributed by atoms with Crippen LogP contribution < -0.4 is 5.32 Å². The van der Waals surface area contributed by atoms with Crippen molar-refractivity contribution in [3.63, 3.8) is 0 Å². The van der Waals surface area contributed by atoms with Crippen LogP contribution in [0.3, 0.4) is 0 Å². The minimum Gasteiger partial charge on any atom is -0.424 e. The lowest BCUT2D eigenvalue weighted by Crippen LogP contribution is -2.26. The fourth-order valence-corrected chi connectivity index (χ4v) is 2.64. The van der Waals surface area contributed by atoms with Crippen molar-refractivity contribution < 1.29 is 9.34 Å². The summed E-state index contributed by atoms with van der Waals surface area (Å²) in [6, 6.07) is 3.33. The Bertz CT molecular complexity index is 699. The second-order valence-electron chi connectivity index (χ2n) is 6.21. The largest absolute Gasteiger partial charge is 0.424 e. The van der Waals surface area contributed by atoms with Gasteiger partial charge in [0.15, 0.2) is 0 Å². The molecule has 128 valence electrons. The molecule has 1 saturated heterocycles. The van der Waals surface area contributed by atoms with Gasteiger partial charge in [0.25, 0.3) is 5.69 Å². The monoisotopic (exact) mass is 332 g/mol. The Kier molecular flexibility index (Phi) is 4.70. The van der Waals surface area contributed by atoms with E-state index in [1.807, 2.05) is 13.8 Å². The summed E-state index contributed by atoms with van der Waals surface area (Å²) in [7, 11) is 0. The number of anilines is 1. The molecular formula is C15H20N6O3. The topological polar surface area (TPSA) is 110 Å². The summed E-state index contributed by atoms with van der Waals surface area (Å²) in [6.07, 6.45) is 2.23. The molecule has 1 N–H and O–H groups in total. The molecule has 0 saturated carbocycles. The van der Waals surface area contributed by atoms with E-state index in [2.05, 4.69) is 25.4 Å². The number of nitro groups is 1. The van der Waals surface area contributed by atoms with Crippen molar-refractivity contribution in [2.75, 3.05) is 18.4 Å². The van der Waals surface area contributed by atoms with Gasteiger partial charge in [-0.2, -0.15) is 0 Å². The highest BCUT2D eigenvalue weighted by Gasteiger charge is 2.24. The van der Waals surface area contributed by atoms with Gasteiger partial charge in [0.1, 0.15) is 12.0 Å². The molecule has 24 heavy (non-hydrogen) atoms. The van der Waals surface area contributed by atoms with E-state index in [-0.39, 0.29) is 17.6 Å². The zero-order valence-electron chi connectivity index (χ0n) is 13.7. The molecule has 9 nitrogen and oxygen atoms in total. The lowest BCUT2D eigenvalue weighted by atomic mass is 10.2. The molecule has 0 aliphatic carbocycles. The summed E-state index contributed by atoms with van der Waals surface area (Å²) in [5.74, 6) is 2.17. The summed E-state index contributed by atoms with van der Waals surface area (Å²) in [5, 5.41) is 22.1. The first-order valence-electron chi connectivity index (χ1n) is 7.93. The van der Waals surface area contributed by atoms with Crippen LogP contribution >= 0.6 is 0 Å². The highest BCUT2D eigenvalue weighted by Crippen LogP contribution is 2.19. The number of nitrogens with zero attached hydrogens (tertiary/aromatic N) is 5. The van der Waals surface area contributed by atoms with Gasteiger partial charge in [-0.05, 0) is 12.5 Å². The third kappa shape index (κ3) is 3.85. The van der Waals surface area contributed by atoms with Gasteiger partial charge in [-0.25, -0.2) is 4.98 Å². The predicted octanol–water partition coefficient (Wildman–Crippen LogP) is 2.18. The highest BCUT2D eigenvalue weighted by atomic mass is 16.6. The van der Waals surface area contributed by atoms with Gasteiger partial charge in [-0.15, -0.1) is 10.2 Å². The quantitative estimate of drug-likeness (QED) is 0.633. The van der Waals surface area contributed by atoms with Crippen LogP contribution in [0.5, 0.6) is 0 Å². The first-order valence-corrected chi connectivity index (χ1v) is 7.93. The van der Waals surface area contributed by atoms with Crippen LogP contribution in [0.15, 0.2) is 22.7 Å². The van der Waals surface area contributed by atoms with Crippen molar-refractivity contribution >= 4 is 11.5 Å². The Hall–Kier alpha value is -2.55. The van der Waals surface area contributed by atoms with E-state index in [1.54, 1.807) is 6.07 Å². The lowest BCUT2D eigenvalue weighted by Gasteiger charge is -2.15. The maximum Gasteiger partial charge on any atom is 0.287 e. The molecular weight excluding hydrogens is 312 g/mol. The van der Waals surface area contributed by atoms with Gasteiger partial charge >= 0.3 is 0 Å². The standard InChI is InChI=1S/C15H20N6O3/c1-10(2)15-19-18-14(24-15)9-20-6-5-11(8-20)17-13-4-3-12(7-16-13)21(22)23/h3-4,7,10-11H,5-6,8-9H2,1-2H3,(H,16,17)/t11-/m0/s1. The van der Waals surface area contributed by atoms with Crippen LogP contribution in [-0.4, -0.2) is 44.1 Å². The second-order valence-corrected chi connectivity index (χ2v) is 6.21. The fraction of sp³-hybridized carbons (Fsp3) is 0.533. The van der Waals surface area contributed by atoms with Crippen LogP contribution in [0.1, 0.15) is 38.0 Å². The molecule has 2 aromatic rings. The maximum absolute atomic E-state index is 10.6. The van der Waals surface area contributed by atoms with Crippen LogP contribution in [0.25, 0.3) is 0 Å². The molecule has 1 atom stereocenters. The van der Waals surface area contributed by atoms with Gasteiger partial charge < -0.3 is 9.73 Å². The molecule has 1 aliphatic rings. The third-order valence-electron chi connectivity index (χ3n) is 3.92. The molecule has 0 radical (unpaired) electrons. The Balaban J connectivity index is 1.52. The minimum absolute atomic E-state index is 0.00838. The average Bonchev–Trinajstić information content (AvgIpc) is 3.18. The van der Waals surface area contributed by atoms with Crippen molar-refractivity contribution in [3.8, 4) is 0 Å². The zero-order valence-corrected chi connectivity index (χ0v) is 13.7. The molecule has 3 rings (SSSR count). The lowest BCUT2D eigenvalue weighted by molar-refractivity contribution is -0.385. The SMILES string of the molecule is CC(C)c1nnc(CN2CC[C@H](Nc3ccc([N+](=O)[O-])cn3)C2)o1. The van der Waals surface area contributed by atoms with Crippen molar-refractivity contribution in [1.82, 2.24) is 20.1 Å². The molecule has 0 unspecified atom stereocenters. The molecule has 1 aliphatic heterocycles. The van der Waals surface area contributed by atoms with Crippen molar-refractivity contribution in [2.45, 2.75) is 38.8 Å². The maximum atomic E-state index is 10.6. The number of aromatic nitrogens is 3. The van der Waals surface area contributed by atoms with Crippen molar-refractivity contribution in [2.24, 2.45) is 0 Å². The summed E-state index contributed by atoms with van der Waals surface area (Å²) in [4.78, 5) is 16.5. The Morgan fingerprint density at radius 3 is 2.92 bits per heavy atom. The first-order chi connectivity index (χ1) is 11.5. The first kappa shape index (κ1) is 16.3. The summed E-state index contributed by atoms with van der Waals surface area (Å²) in [5.41, 5.74) is -0.00838. The van der Waals surface area contributed by atoms with Gasteiger partial charge in [0, 0.05) is 31.1 Å². The van der Waals surface area contributed by atoms with E-state index >= 15 is 0 Å². The number of pyridine rings is 1. The molecule has 0 aromatic carbocycles. The smallest absolute Gasteiger partial charge is 0.287 e. The van der Waals surface area contributed by atoms with E-state index in [4.69, 9.17) is 4.42 Å². The number of nitrogens with one attached hydrogen (secondary N) is 1. The second kappa shape index (κ2) is 6.91. The minimum atomic E-state index is -0.454. The van der Waals surface area contributed by atoms with E-state index in [0.717, 1.165) is 19.5 Å². The van der Waals surface area contributed by atoms with E-state index in [9.17, 15) is 10.1 Å². The Morgan fingerprint density at radius 2 is 2.29 bits per heavy atom. The Labute approximate surface area is 139 Å². The third-order valence-corrected chi connectivity index (χ3v) is 3.92. The summed E-state index contributed by atoms with van der Waals surface area (Å²) in [6.45, 7) is 6.42. The molecule has 0 spiro atoms. The van der Waals surface area contributed by atoms with E-state index in [0.29, 0.717) is 24.1 Å². The molecule has 2 aromatic heterocycles. The zero-order chi connectivity index (χ0) is 17.1. The molecule has 9 heteroatoms. The van der Waals surface area contributed by atoms with Crippen molar-refractivity contribution in [1.29, 1.82) is 0 Å². The van der Waals surface area contributed by atoms with Crippen molar-refractivity contribution in [3.05, 3.63) is 40.2 Å². The number of likely N-dealkylation sites (tertiary alicyclic amines) is 1. The number of hydrogen-bond acceptors (Lipinski definition) is 8. The highest BCUT2D eigenvalue weighted by molar-refractivity contribution is 5.41. The van der Waals surface area contributed by atoms with Crippen LogP contribution in [-0.2, 0) is 6.54 Å². The summed E-state index contributed by atoms with van der Waals surface area (Å²) < 4.78 is 5.64.